The Balaban J connectivity index is 1.36. The molecule has 38 heavy (non-hydrogen) atoms. The second kappa shape index (κ2) is 11.7. The van der Waals surface area contributed by atoms with Crippen molar-refractivity contribution in [2.75, 3.05) is 32.1 Å². The lowest BCUT2D eigenvalue weighted by Crippen LogP contribution is -2.45. The SMILES string of the molecule is CCOc1nn(C2C=CC=CC2)c(NC(=O)N[C@@H]2CN(C3CC=CN=C3OC)C[C@H]2c2ccccc2)c1C. The molecule has 1 aliphatic carbocycles. The number of nitrogens with one attached hydrogen (secondary N) is 2. The largest absolute Gasteiger partial charge is 0.483 e. The number of nitrogens with zero attached hydrogens (tertiary/aromatic N) is 4. The number of benzene rings is 1. The number of anilines is 1. The Labute approximate surface area is 223 Å². The second-order valence-electron chi connectivity index (χ2n) is 9.76. The molecule has 3 heterocycles. The zero-order valence-electron chi connectivity index (χ0n) is 22.2. The van der Waals surface area contributed by atoms with Crippen LogP contribution in [0.2, 0.25) is 0 Å². The van der Waals surface area contributed by atoms with Crippen LogP contribution in [0.3, 0.4) is 0 Å². The third kappa shape index (κ3) is 5.38. The Hall–Kier alpha value is -3.85. The van der Waals surface area contributed by atoms with Gasteiger partial charge >= 0.3 is 6.03 Å². The summed E-state index contributed by atoms with van der Waals surface area (Å²) < 4.78 is 13.2. The van der Waals surface area contributed by atoms with Gasteiger partial charge in [-0.2, -0.15) is 0 Å². The second-order valence-corrected chi connectivity index (χ2v) is 9.76. The van der Waals surface area contributed by atoms with Crippen molar-refractivity contribution in [3.63, 3.8) is 0 Å². The summed E-state index contributed by atoms with van der Waals surface area (Å²) in [6, 6.07) is 10.1. The number of allylic oxidation sites excluding steroid dienone is 4. The Morgan fingerprint density at radius 3 is 2.71 bits per heavy atom. The summed E-state index contributed by atoms with van der Waals surface area (Å²) in [5.74, 6) is 2.02. The minimum absolute atomic E-state index is 0.00773. The molecule has 5 rings (SSSR count). The summed E-state index contributed by atoms with van der Waals surface area (Å²) in [6.45, 7) is 5.84. The van der Waals surface area contributed by atoms with Crippen molar-refractivity contribution in [3.05, 3.63) is 78.0 Å². The van der Waals surface area contributed by atoms with Crippen molar-refractivity contribution in [3.8, 4) is 5.88 Å². The van der Waals surface area contributed by atoms with Crippen LogP contribution in [0.1, 0.15) is 42.9 Å². The van der Waals surface area contributed by atoms with Crippen LogP contribution in [0.4, 0.5) is 10.6 Å². The van der Waals surface area contributed by atoms with Gasteiger partial charge in [0.25, 0.3) is 0 Å². The zero-order chi connectivity index (χ0) is 26.5. The highest BCUT2D eigenvalue weighted by atomic mass is 16.5. The van der Waals surface area contributed by atoms with Gasteiger partial charge in [0.1, 0.15) is 5.82 Å². The molecule has 1 fully saturated rings. The average Bonchev–Trinajstić information content (AvgIpc) is 3.51. The first-order chi connectivity index (χ1) is 18.6. The number of rotatable bonds is 7. The summed E-state index contributed by atoms with van der Waals surface area (Å²) in [4.78, 5) is 20.3. The summed E-state index contributed by atoms with van der Waals surface area (Å²) >= 11 is 0. The predicted molar refractivity (Wildman–Crippen MR) is 149 cm³/mol. The van der Waals surface area contributed by atoms with E-state index in [2.05, 4.69) is 56.0 Å². The molecule has 3 aliphatic rings. The maximum Gasteiger partial charge on any atom is 0.320 e. The molecule has 1 saturated heterocycles. The highest BCUT2D eigenvalue weighted by Crippen LogP contribution is 2.33. The number of carbonyl (C=O) groups excluding carboxylic acids is 1. The summed E-state index contributed by atoms with van der Waals surface area (Å²) in [5, 5.41) is 11.1. The number of methoxy groups -OCH3 is 1. The molecule has 9 heteroatoms. The number of amides is 2. The average molecular weight is 517 g/mol. The lowest BCUT2D eigenvalue weighted by atomic mass is 9.94. The maximum atomic E-state index is 13.5. The molecule has 0 radical (unpaired) electrons. The minimum Gasteiger partial charge on any atom is -0.483 e. The van der Waals surface area contributed by atoms with Gasteiger partial charge in [-0.05, 0) is 32.3 Å². The summed E-state index contributed by atoms with van der Waals surface area (Å²) in [7, 11) is 1.66. The van der Waals surface area contributed by atoms with Crippen LogP contribution in [0.25, 0.3) is 0 Å². The smallest absolute Gasteiger partial charge is 0.320 e. The first-order valence-corrected chi connectivity index (χ1v) is 13.3. The van der Waals surface area contributed by atoms with Crippen LogP contribution in [0.15, 0.2) is 71.9 Å². The van der Waals surface area contributed by atoms with E-state index in [4.69, 9.17) is 9.47 Å². The topological polar surface area (TPSA) is 93.0 Å². The molecule has 2 aliphatic heterocycles. The molecule has 2 amide bonds. The van der Waals surface area contributed by atoms with E-state index in [-0.39, 0.29) is 30.1 Å². The van der Waals surface area contributed by atoms with Gasteiger partial charge in [0.15, 0.2) is 0 Å². The highest BCUT2D eigenvalue weighted by Gasteiger charge is 2.40. The predicted octanol–water partition coefficient (Wildman–Crippen LogP) is 4.57. The molecule has 1 aromatic heterocycles. The van der Waals surface area contributed by atoms with Crippen molar-refractivity contribution >= 4 is 17.7 Å². The van der Waals surface area contributed by atoms with Gasteiger partial charge < -0.3 is 14.8 Å². The molecule has 1 aromatic carbocycles. The van der Waals surface area contributed by atoms with Crippen LogP contribution in [-0.2, 0) is 4.74 Å². The Morgan fingerprint density at radius 2 is 1.97 bits per heavy atom. The molecular weight excluding hydrogens is 480 g/mol. The number of aromatic nitrogens is 2. The minimum atomic E-state index is -0.260. The van der Waals surface area contributed by atoms with Gasteiger partial charge in [-0.3, -0.25) is 10.2 Å². The number of hydrogen-bond donors (Lipinski definition) is 2. The monoisotopic (exact) mass is 516 g/mol. The Morgan fingerprint density at radius 1 is 1.13 bits per heavy atom. The molecule has 2 unspecified atom stereocenters. The molecule has 4 atom stereocenters. The van der Waals surface area contributed by atoms with Gasteiger partial charge in [-0.1, -0.05) is 60.7 Å². The molecule has 0 bridgehead atoms. The Kier molecular flexibility index (Phi) is 7.93. The fourth-order valence-corrected chi connectivity index (χ4v) is 5.49. The maximum absolute atomic E-state index is 13.5. The van der Waals surface area contributed by atoms with E-state index in [0.29, 0.717) is 30.7 Å². The van der Waals surface area contributed by atoms with Crippen molar-refractivity contribution < 1.29 is 14.3 Å². The number of hydrogen-bond acceptors (Lipinski definition) is 6. The van der Waals surface area contributed by atoms with Crippen molar-refractivity contribution in [2.24, 2.45) is 4.99 Å². The number of likely N-dealkylation sites (tertiary alicyclic amines) is 1. The molecule has 2 N–H and O–H groups in total. The third-order valence-electron chi connectivity index (χ3n) is 7.38. The van der Waals surface area contributed by atoms with Crippen molar-refractivity contribution in [2.45, 2.75) is 50.7 Å². The number of carbonyl (C=O) groups is 1. The van der Waals surface area contributed by atoms with Gasteiger partial charge in [-0.25, -0.2) is 14.5 Å². The van der Waals surface area contributed by atoms with E-state index in [1.165, 1.54) is 5.56 Å². The van der Waals surface area contributed by atoms with Crippen LogP contribution >= 0.6 is 0 Å². The fourth-order valence-electron chi connectivity index (χ4n) is 5.49. The molecule has 2 aromatic rings. The zero-order valence-corrected chi connectivity index (χ0v) is 22.2. The molecule has 0 spiro atoms. The van der Waals surface area contributed by atoms with Crippen LogP contribution in [0, 0.1) is 6.92 Å². The van der Waals surface area contributed by atoms with E-state index in [1.54, 1.807) is 13.3 Å². The van der Waals surface area contributed by atoms with Crippen molar-refractivity contribution in [1.82, 2.24) is 20.0 Å². The Bertz CT molecular complexity index is 1250. The van der Waals surface area contributed by atoms with Gasteiger partial charge in [-0.15, -0.1) is 5.10 Å². The lowest BCUT2D eigenvalue weighted by molar-refractivity contribution is 0.239. The highest BCUT2D eigenvalue weighted by molar-refractivity contribution is 5.90. The number of ether oxygens (including phenoxy) is 2. The van der Waals surface area contributed by atoms with E-state index in [9.17, 15) is 4.79 Å². The van der Waals surface area contributed by atoms with Crippen LogP contribution < -0.4 is 15.4 Å². The standard InChI is InChI=1S/C29H36N6O3/c1-4-38-27-20(2)26(35(33-27)22-14-9-6-10-15-22)32-29(36)31-24-19-34(25-16-11-17-30-28(25)37-3)18-23(24)21-12-7-5-8-13-21/h5-14,17,22-25H,4,15-16,18-19H2,1-3H3,(H2,31,32,36)/t22?,23-,24+,25?/m0/s1. The van der Waals surface area contributed by atoms with E-state index >= 15 is 0 Å². The summed E-state index contributed by atoms with van der Waals surface area (Å²) in [5.41, 5.74) is 2.01. The fraction of sp³-hybridized carbons (Fsp3) is 0.414. The van der Waals surface area contributed by atoms with Gasteiger partial charge in [0.05, 0.1) is 37.4 Å². The first-order valence-electron chi connectivity index (χ1n) is 13.3. The van der Waals surface area contributed by atoms with E-state index in [0.717, 1.165) is 24.9 Å². The molecular formula is C29H36N6O3. The third-order valence-corrected chi connectivity index (χ3v) is 7.38. The van der Waals surface area contributed by atoms with Crippen LogP contribution in [-0.4, -0.2) is 65.5 Å². The molecule has 200 valence electrons. The normalized spacial score (nSPS) is 24.8. The molecule has 0 saturated carbocycles. The van der Waals surface area contributed by atoms with Crippen LogP contribution in [0.5, 0.6) is 5.88 Å². The molecule has 9 nitrogen and oxygen atoms in total. The number of urea groups is 1. The quantitative estimate of drug-likeness (QED) is 0.563. The van der Waals surface area contributed by atoms with Gasteiger partial charge in [0.2, 0.25) is 11.8 Å². The lowest BCUT2D eigenvalue weighted by Gasteiger charge is -2.28. The van der Waals surface area contributed by atoms with Crippen molar-refractivity contribution in [1.29, 1.82) is 0 Å². The van der Waals surface area contributed by atoms with Gasteiger partial charge in [0, 0.05) is 25.2 Å². The van der Waals surface area contributed by atoms with E-state index < -0.39 is 0 Å². The summed E-state index contributed by atoms with van der Waals surface area (Å²) in [6.07, 6.45) is 13.7. The number of aliphatic imine (C=N–C) groups is 1. The first kappa shape index (κ1) is 25.8. The van der Waals surface area contributed by atoms with E-state index in [1.807, 2.05) is 48.9 Å².